The summed E-state index contributed by atoms with van der Waals surface area (Å²) in [5, 5.41) is 5.16. The number of amides is 1. The molecule has 3 rings (SSSR count). The van der Waals surface area contributed by atoms with Crippen LogP contribution in [0, 0.1) is 0 Å². The second-order valence-corrected chi connectivity index (χ2v) is 5.77. The predicted octanol–water partition coefficient (Wildman–Crippen LogP) is 3.79. The van der Waals surface area contributed by atoms with Crippen molar-refractivity contribution in [2.75, 3.05) is 0 Å². The quantitative estimate of drug-likeness (QED) is 0.770. The predicted molar refractivity (Wildman–Crippen MR) is 94.2 cm³/mol. The first-order valence-electron chi connectivity index (χ1n) is 7.75. The van der Waals surface area contributed by atoms with E-state index in [2.05, 4.69) is 5.32 Å². The number of nitrogens with one attached hydrogen (secondary N) is 1. The summed E-state index contributed by atoms with van der Waals surface area (Å²) >= 11 is 0. The number of rotatable bonds is 4. The van der Waals surface area contributed by atoms with Gasteiger partial charge in [0.05, 0.1) is 0 Å². The summed E-state index contributed by atoms with van der Waals surface area (Å²) in [7, 11) is 0. The van der Waals surface area contributed by atoms with Crippen LogP contribution in [0.1, 0.15) is 34.5 Å². The van der Waals surface area contributed by atoms with Gasteiger partial charge >= 0.3 is 0 Å². The number of carbonyl (C=O) groups excluding carboxylic acids is 1. The molecule has 3 heteroatoms. The van der Waals surface area contributed by atoms with E-state index in [0.29, 0.717) is 12.1 Å². The first-order chi connectivity index (χ1) is 11.1. The van der Waals surface area contributed by atoms with Crippen LogP contribution in [0.2, 0.25) is 0 Å². The lowest BCUT2D eigenvalue weighted by molar-refractivity contribution is 0.0951. The largest absolute Gasteiger partial charge is 0.348 e. The lowest BCUT2D eigenvalue weighted by atomic mass is 10.1. The normalized spacial score (nSPS) is 12.1. The molecule has 0 radical (unpaired) electrons. The lowest BCUT2D eigenvalue weighted by Gasteiger charge is -2.09. The summed E-state index contributed by atoms with van der Waals surface area (Å²) in [6, 6.07) is 21.8. The minimum absolute atomic E-state index is 0.0243. The molecule has 3 aromatic carbocycles. The Balaban J connectivity index is 1.68. The highest BCUT2D eigenvalue weighted by Gasteiger charge is 2.06. The Morgan fingerprint density at radius 2 is 1.70 bits per heavy atom. The standard InChI is InChI=1S/C20H20N2O/c1-14(21)16-8-6-15(7-9-16)13-22-20(23)19-11-10-17-4-2-3-5-18(17)12-19/h2-12,14H,13,21H2,1H3,(H,22,23)/t14-/m0/s1. The van der Waals surface area contributed by atoms with Crippen molar-refractivity contribution in [3.8, 4) is 0 Å². The van der Waals surface area contributed by atoms with Gasteiger partial charge in [-0.3, -0.25) is 4.79 Å². The number of benzene rings is 3. The average molecular weight is 304 g/mol. The van der Waals surface area contributed by atoms with Crippen LogP contribution >= 0.6 is 0 Å². The third-order valence-corrected chi connectivity index (χ3v) is 3.97. The maximum atomic E-state index is 12.3. The molecule has 0 fully saturated rings. The number of nitrogens with two attached hydrogens (primary N) is 1. The summed E-state index contributed by atoms with van der Waals surface area (Å²) < 4.78 is 0. The van der Waals surface area contributed by atoms with Crippen LogP contribution in [-0.4, -0.2) is 5.91 Å². The summed E-state index contributed by atoms with van der Waals surface area (Å²) in [6.45, 7) is 2.46. The highest BCUT2D eigenvalue weighted by molar-refractivity contribution is 5.98. The molecule has 0 aliphatic rings. The van der Waals surface area contributed by atoms with Gasteiger partial charge in [-0.25, -0.2) is 0 Å². The van der Waals surface area contributed by atoms with Gasteiger partial charge in [-0.2, -0.15) is 0 Å². The van der Waals surface area contributed by atoms with Gasteiger partial charge in [0.1, 0.15) is 0 Å². The summed E-state index contributed by atoms with van der Waals surface area (Å²) in [6.07, 6.45) is 0. The van der Waals surface area contributed by atoms with E-state index in [1.165, 1.54) is 0 Å². The van der Waals surface area contributed by atoms with E-state index in [1.807, 2.05) is 73.7 Å². The molecule has 3 aromatic rings. The van der Waals surface area contributed by atoms with Crippen LogP contribution in [0.3, 0.4) is 0 Å². The second kappa shape index (κ2) is 6.63. The number of fused-ring (bicyclic) bond motifs is 1. The molecule has 116 valence electrons. The number of hydrogen-bond donors (Lipinski definition) is 2. The highest BCUT2D eigenvalue weighted by atomic mass is 16.1. The first-order valence-corrected chi connectivity index (χ1v) is 7.75. The van der Waals surface area contributed by atoms with Crippen molar-refractivity contribution in [2.24, 2.45) is 5.73 Å². The van der Waals surface area contributed by atoms with Crippen molar-refractivity contribution in [2.45, 2.75) is 19.5 Å². The van der Waals surface area contributed by atoms with Crippen molar-refractivity contribution < 1.29 is 4.79 Å². The van der Waals surface area contributed by atoms with Gasteiger partial charge in [0, 0.05) is 18.2 Å². The van der Waals surface area contributed by atoms with E-state index in [1.54, 1.807) is 0 Å². The summed E-state index contributed by atoms with van der Waals surface area (Å²) in [5.74, 6) is -0.0629. The fourth-order valence-electron chi connectivity index (χ4n) is 2.55. The minimum Gasteiger partial charge on any atom is -0.348 e. The third kappa shape index (κ3) is 3.58. The van der Waals surface area contributed by atoms with Crippen LogP contribution in [0.25, 0.3) is 10.8 Å². The maximum Gasteiger partial charge on any atom is 0.251 e. The first kappa shape index (κ1) is 15.3. The SMILES string of the molecule is C[C@H](N)c1ccc(CNC(=O)c2ccc3ccccc3c2)cc1. The molecule has 1 atom stereocenters. The zero-order valence-electron chi connectivity index (χ0n) is 13.1. The Bertz CT molecular complexity index is 822. The van der Waals surface area contributed by atoms with Gasteiger partial charge < -0.3 is 11.1 Å². The monoisotopic (exact) mass is 304 g/mol. The molecule has 0 heterocycles. The highest BCUT2D eigenvalue weighted by Crippen LogP contribution is 2.16. The zero-order chi connectivity index (χ0) is 16.2. The van der Waals surface area contributed by atoms with Crippen molar-refractivity contribution in [3.05, 3.63) is 83.4 Å². The molecule has 3 nitrogen and oxygen atoms in total. The molecule has 23 heavy (non-hydrogen) atoms. The van der Waals surface area contributed by atoms with Crippen molar-refractivity contribution in [1.29, 1.82) is 0 Å². The Labute approximate surface area is 136 Å². The van der Waals surface area contributed by atoms with E-state index in [4.69, 9.17) is 5.73 Å². The van der Waals surface area contributed by atoms with E-state index in [9.17, 15) is 4.79 Å². The van der Waals surface area contributed by atoms with E-state index in [0.717, 1.165) is 21.9 Å². The smallest absolute Gasteiger partial charge is 0.251 e. The molecule has 3 N–H and O–H groups in total. The minimum atomic E-state index is -0.0629. The van der Waals surface area contributed by atoms with Crippen molar-refractivity contribution >= 4 is 16.7 Å². The molecule has 0 bridgehead atoms. The van der Waals surface area contributed by atoms with E-state index < -0.39 is 0 Å². The Morgan fingerprint density at radius 3 is 2.39 bits per heavy atom. The number of carbonyl (C=O) groups is 1. The molecule has 0 saturated heterocycles. The van der Waals surface area contributed by atoms with Crippen LogP contribution in [0.5, 0.6) is 0 Å². The molecular formula is C20H20N2O. The lowest BCUT2D eigenvalue weighted by Crippen LogP contribution is -2.22. The van der Waals surface area contributed by atoms with Gasteiger partial charge in [-0.1, -0.05) is 54.6 Å². The van der Waals surface area contributed by atoms with E-state index >= 15 is 0 Å². The van der Waals surface area contributed by atoms with Gasteiger partial charge in [0.2, 0.25) is 0 Å². The van der Waals surface area contributed by atoms with Gasteiger partial charge in [-0.05, 0) is 41.0 Å². The van der Waals surface area contributed by atoms with Crippen molar-refractivity contribution in [1.82, 2.24) is 5.32 Å². The number of hydrogen-bond acceptors (Lipinski definition) is 2. The molecule has 0 aliphatic carbocycles. The Kier molecular flexibility index (Phi) is 4.40. The van der Waals surface area contributed by atoms with Crippen LogP contribution < -0.4 is 11.1 Å². The van der Waals surface area contributed by atoms with E-state index in [-0.39, 0.29) is 11.9 Å². The molecule has 0 unspecified atom stereocenters. The topological polar surface area (TPSA) is 55.1 Å². The maximum absolute atomic E-state index is 12.3. The fraction of sp³-hybridized carbons (Fsp3) is 0.150. The van der Waals surface area contributed by atoms with Crippen molar-refractivity contribution in [3.63, 3.8) is 0 Å². The molecule has 0 spiro atoms. The van der Waals surface area contributed by atoms with Crippen LogP contribution in [0.15, 0.2) is 66.7 Å². The zero-order valence-corrected chi connectivity index (χ0v) is 13.1. The fourth-order valence-corrected chi connectivity index (χ4v) is 2.55. The molecule has 0 aliphatic heterocycles. The van der Waals surface area contributed by atoms with Crippen LogP contribution in [-0.2, 0) is 6.54 Å². The Morgan fingerprint density at radius 1 is 1.00 bits per heavy atom. The van der Waals surface area contributed by atoms with Crippen LogP contribution in [0.4, 0.5) is 0 Å². The van der Waals surface area contributed by atoms with Gasteiger partial charge in [-0.15, -0.1) is 0 Å². The molecule has 1 amide bonds. The Hall–Kier alpha value is -2.65. The second-order valence-electron chi connectivity index (χ2n) is 5.77. The summed E-state index contributed by atoms with van der Waals surface area (Å²) in [5.41, 5.74) is 8.67. The summed E-state index contributed by atoms with van der Waals surface area (Å²) in [4.78, 5) is 12.3. The van der Waals surface area contributed by atoms with Gasteiger partial charge in [0.15, 0.2) is 0 Å². The molecular weight excluding hydrogens is 284 g/mol. The average Bonchev–Trinajstić information content (AvgIpc) is 2.59. The van der Waals surface area contributed by atoms with Gasteiger partial charge in [0.25, 0.3) is 5.91 Å². The molecule has 0 saturated carbocycles. The third-order valence-electron chi connectivity index (χ3n) is 3.97. The molecule has 0 aromatic heterocycles.